The van der Waals surface area contributed by atoms with Crippen LogP contribution in [0.15, 0.2) is 24.3 Å². The minimum absolute atomic E-state index is 0.299. The van der Waals surface area contributed by atoms with E-state index in [1.165, 1.54) is 24.3 Å². The molecule has 8 heteroatoms. The van der Waals surface area contributed by atoms with E-state index in [4.69, 9.17) is 10.8 Å². The number of carbonyl (C=O) groups is 2. The number of anilines is 1. The van der Waals surface area contributed by atoms with Crippen molar-refractivity contribution in [2.24, 2.45) is 0 Å². The summed E-state index contributed by atoms with van der Waals surface area (Å²) in [6.07, 6.45) is 0. The summed E-state index contributed by atoms with van der Waals surface area (Å²) in [6.45, 7) is -2.78. The van der Waals surface area contributed by atoms with Crippen LogP contribution in [0.2, 0.25) is 0 Å². The van der Waals surface area contributed by atoms with Gasteiger partial charge in [0.25, 0.3) is 11.8 Å². The van der Waals surface area contributed by atoms with Crippen molar-refractivity contribution in [1.82, 2.24) is 10.6 Å². The highest BCUT2D eigenvalue weighted by Crippen LogP contribution is 2.09. The van der Waals surface area contributed by atoms with Gasteiger partial charge in [0.05, 0.1) is 13.1 Å². The van der Waals surface area contributed by atoms with Crippen molar-refractivity contribution in [2.45, 2.75) is 5.92 Å². The van der Waals surface area contributed by atoms with E-state index >= 15 is 0 Å². The number of amides is 2. The number of aliphatic hydroxyl groups is 1. The molecule has 0 radical (unpaired) electrons. The SMILES string of the molecule is Nc1ccc(C(=O)NCC(=O)NCC(F)(F)CO)cc1. The zero-order valence-electron chi connectivity index (χ0n) is 10.5. The second-order valence-corrected chi connectivity index (χ2v) is 4.10. The molecule has 0 aliphatic heterocycles. The number of halogens is 2. The fraction of sp³-hybridized carbons (Fsp3) is 0.333. The highest BCUT2D eigenvalue weighted by molar-refractivity contribution is 5.96. The van der Waals surface area contributed by atoms with Crippen LogP contribution in [-0.4, -0.2) is 42.5 Å². The highest BCUT2D eigenvalue weighted by atomic mass is 19.3. The number of alkyl halides is 2. The predicted molar refractivity (Wildman–Crippen MR) is 68.2 cm³/mol. The summed E-state index contributed by atoms with van der Waals surface area (Å²) >= 11 is 0. The Morgan fingerprint density at radius 2 is 1.80 bits per heavy atom. The first-order chi connectivity index (χ1) is 9.34. The average molecular weight is 287 g/mol. The van der Waals surface area contributed by atoms with Gasteiger partial charge in [-0.1, -0.05) is 0 Å². The van der Waals surface area contributed by atoms with Crippen molar-refractivity contribution in [1.29, 1.82) is 0 Å². The summed E-state index contributed by atoms with van der Waals surface area (Å²) in [5, 5.41) is 12.5. The van der Waals surface area contributed by atoms with Gasteiger partial charge in [0.15, 0.2) is 0 Å². The van der Waals surface area contributed by atoms with E-state index in [0.29, 0.717) is 11.3 Å². The third-order valence-electron chi connectivity index (χ3n) is 2.36. The maximum Gasteiger partial charge on any atom is 0.287 e. The first-order valence-corrected chi connectivity index (χ1v) is 5.73. The maximum absolute atomic E-state index is 12.7. The smallest absolute Gasteiger partial charge is 0.287 e. The van der Waals surface area contributed by atoms with Crippen LogP contribution in [0.3, 0.4) is 0 Å². The van der Waals surface area contributed by atoms with Crippen LogP contribution in [-0.2, 0) is 4.79 Å². The lowest BCUT2D eigenvalue weighted by molar-refractivity contribution is -0.123. The molecule has 110 valence electrons. The monoisotopic (exact) mass is 287 g/mol. The molecule has 5 N–H and O–H groups in total. The van der Waals surface area contributed by atoms with Gasteiger partial charge in [0.1, 0.15) is 6.61 Å². The first-order valence-electron chi connectivity index (χ1n) is 5.73. The Labute approximate surface area is 114 Å². The number of nitrogens with two attached hydrogens (primary N) is 1. The van der Waals surface area contributed by atoms with Crippen molar-refractivity contribution in [2.75, 3.05) is 25.4 Å². The lowest BCUT2D eigenvalue weighted by Gasteiger charge is -2.14. The number of rotatable bonds is 6. The number of aliphatic hydroxyl groups excluding tert-OH is 1. The molecule has 0 unspecified atom stereocenters. The number of hydrogen-bond acceptors (Lipinski definition) is 4. The number of nitrogen functional groups attached to an aromatic ring is 1. The fourth-order valence-corrected chi connectivity index (χ4v) is 1.24. The molecule has 6 nitrogen and oxygen atoms in total. The van der Waals surface area contributed by atoms with Gasteiger partial charge in [0, 0.05) is 11.3 Å². The lowest BCUT2D eigenvalue weighted by Crippen LogP contribution is -2.43. The minimum Gasteiger partial charge on any atom is -0.399 e. The maximum atomic E-state index is 12.7. The van der Waals surface area contributed by atoms with Crippen LogP contribution in [0, 0.1) is 0 Å². The summed E-state index contributed by atoms with van der Waals surface area (Å²) < 4.78 is 25.3. The van der Waals surface area contributed by atoms with Crippen LogP contribution in [0.25, 0.3) is 0 Å². The van der Waals surface area contributed by atoms with Crippen LogP contribution in [0.5, 0.6) is 0 Å². The lowest BCUT2D eigenvalue weighted by atomic mass is 10.2. The van der Waals surface area contributed by atoms with Gasteiger partial charge in [-0.15, -0.1) is 0 Å². The first kappa shape index (κ1) is 15.8. The largest absolute Gasteiger partial charge is 0.399 e. The van der Waals surface area contributed by atoms with Crippen molar-refractivity contribution in [3.8, 4) is 0 Å². The van der Waals surface area contributed by atoms with Gasteiger partial charge in [-0.25, -0.2) is 8.78 Å². The minimum atomic E-state index is -3.38. The molecule has 0 fully saturated rings. The Bertz CT molecular complexity index is 477. The fourth-order valence-electron chi connectivity index (χ4n) is 1.24. The Balaban J connectivity index is 2.37. The number of nitrogens with one attached hydrogen (secondary N) is 2. The highest BCUT2D eigenvalue weighted by Gasteiger charge is 2.28. The standard InChI is InChI=1S/C12H15F2N3O3/c13-12(14,7-18)6-17-10(19)5-16-11(20)8-1-3-9(15)4-2-8/h1-4,18H,5-7,15H2,(H,16,20)(H,17,19). The molecule has 0 aliphatic carbocycles. The molecule has 0 bridgehead atoms. The van der Waals surface area contributed by atoms with E-state index < -0.39 is 37.4 Å². The normalized spacial score (nSPS) is 10.9. The summed E-state index contributed by atoms with van der Waals surface area (Å²) in [5.74, 6) is -4.67. The van der Waals surface area contributed by atoms with E-state index in [-0.39, 0.29) is 0 Å². The van der Waals surface area contributed by atoms with Gasteiger partial charge < -0.3 is 21.5 Å². The van der Waals surface area contributed by atoms with Gasteiger partial charge in [-0.3, -0.25) is 9.59 Å². The molecule has 0 aromatic heterocycles. The Morgan fingerprint density at radius 3 is 2.35 bits per heavy atom. The van der Waals surface area contributed by atoms with Crippen molar-refractivity contribution in [3.63, 3.8) is 0 Å². The number of carbonyl (C=O) groups excluding carboxylic acids is 2. The molecule has 1 aromatic carbocycles. The van der Waals surface area contributed by atoms with Gasteiger partial charge >= 0.3 is 0 Å². The summed E-state index contributed by atoms with van der Waals surface area (Å²) in [6, 6.07) is 6.00. The molecule has 2 amide bonds. The molecule has 20 heavy (non-hydrogen) atoms. The molecule has 1 rings (SSSR count). The van der Waals surface area contributed by atoms with Crippen molar-refractivity contribution >= 4 is 17.5 Å². The van der Waals surface area contributed by atoms with E-state index in [1.54, 1.807) is 0 Å². The Kier molecular flexibility index (Phi) is 5.39. The molecule has 0 spiro atoms. The van der Waals surface area contributed by atoms with Gasteiger partial charge in [-0.05, 0) is 24.3 Å². The van der Waals surface area contributed by atoms with Gasteiger partial charge in [0.2, 0.25) is 5.91 Å². The molecular formula is C12H15F2N3O3. The molecule has 0 saturated carbocycles. The van der Waals surface area contributed by atoms with E-state index in [0.717, 1.165) is 0 Å². The second kappa shape index (κ2) is 6.80. The van der Waals surface area contributed by atoms with Crippen molar-refractivity contribution < 1.29 is 23.5 Å². The zero-order valence-corrected chi connectivity index (χ0v) is 10.5. The predicted octanol–water partition coefficient (Wildman–Crippen LogP) is -0.258. The molecule has 0 saturated heterocycles. The van der Waals surface area contributed by atoms with Crippen LogP contribution >= 0.6 is 0 Å². The van der Waals surface area contributed by atoms with E-state index in [2.05, 4.69) is 5.32 Å². The zero-order chi connectivity index (χ0) is 15.2. The summed E-state index contributed by atoms with van der Waals surface area (Å²) in [7, 11) is 0. The third-order valence-corrected chi connectivity index (χ3v) is 2.36. The van der Waals surface area contributed by atoms with E-state index in [9.17, 15) is 18.4 Å². The Hall–Kier alpha value is -2.22. The molecular weight excluding hydrogens is 272 g/mol. The van der Waals surface area contributed by atoms with Crippen LogP contribution in [0.1, 0.15) is 10.4 Å². The quantitative estimate of drug-likeness (QED) is 0.541. The number of benzene rings is 1. The third kappa shape index (κ3) is 5.19. The molecule has 0 atom stereocenters. The van der Waals surface area contributed by atoms with Crippen molar-refractivity contribution in [3.05, 3.63) is 29.8 Å². The van der Waals surface area contributed by atoms with E-state index in [1.807, 2.05) is 5.32 Å². The van der Waals surface area contributed by atoms with Crippen LogP contribution in [0.4, 0.5) is 14.5 Å². The molecule has 0 aliphatic rings. The topological polar surface area (TPSA) is 104 Å². The second-order valence-electron chi connectivity index (χ2n) is 4.10. The van der Waals surface area contributed by atoms with Gasteiger partial charge in [-0.2, -0.15) is 0 Å². The average Bonchev–Trinajstić information content (AvgIpc) is 2.43. The van der Waals surface area contributed by atoms with Crippen LogP contribution < -0.4 is 16.4 Å². The molecule has 0 heterocycles. The Morgan fingerprint density at radius 1 is 1.20 bits per heavy atom. The molecule has 1 aromatic rings. The summed E-state index contributed by atoms with van der Waals surface area (Å²) in [4.78, 5) is 22.8. The number of hydrogen-bond donors (Lipinski definition) is 4. The summed E-state index contributed by atoms with van der Waals surface area (Å²) in [5.41, 5.74) is 6.25.